The Hall–Kier alpha value is -1.83. The SMILES string of the molecule is O=C(NCCc1nccs1)[C@@H]1CCCCn2nnnc21. The van der Waals surface area contributed by atoms with Gasteiger partial charge in [0, 0.05) is 31.1 Å². The second-order valence-electron chi connectivity index (χ2n) is 4.78. The third kappa shape index (κ3) is 2.84. The van der Waals surface area contributed by atoms with Gasteiger partial charge in [-0.2, -0.15) is 0 Å². The van der Waals surface area contributed by atoms with E-state index in [1.807, 2.05) is 5.38 Å². The summed E-state index contributed by atoms with van der Waals surface area (Å²) in [6, 6.07) is 0. The largest absolute Gasteiger partial charge is 0.355 e. The van der Waals surface area contributed by atoms with E-state index in [1.54, 1.807) is 22.2 Å². The molecule has 0 aromatic carbocycles. The van der Waals surface area contributed by atoms with Crippen molar-refractivity contribution >= 4 is 17.2 Å². The van der Waals surface area contributed by atoms with Gasteiger partial charge in [0.25, 0.3) is 0 Å². The van der Waals surface area contributed by atoms with Gasteiger partial charge in [-0.25, -0.2) is 9.67 Å². The van der Waals surface area contributed by atoms with Crippen LogP contribution in [0.15, 0.2) is 11.6 Å². The van der Waals surface area contributed by atoms with Gasteiger partial charge < -0.3 is 5.32 Å². The van der Waals surface area contributed by atoms with Gasteiger partial charge in [-0.15, -0.1) is 16.4 Å². The Bertz CT molecular complexity index is 566. The fourth-order valence-electron chi connectivity index (χ4n) is 2.40. The number of nitrogens with zero attached hydrogens (tertiary/aromatic N) is 5. The van der Waals surface area contributed by atoms with Crippen LogP contribution in [0.5, 0.6) is 0 Å². The number of aryl methyl sites for hydroxylation is 1. The van der Waals surface area contributed by atoms with Gasteiger partial charge in [-0.3, -0.25) is 4.79 Å². The van der Waals surface area contributed by atoms with E-state index < -0.39 is 0 Å². The first-order valence-corrected chi connectivity index (χ1v) is 7.64. The van der Waals surface area contributed by atoms with E-state index in [0.717, 1.165) is 37.2 Å². The quantitative estimate of drug-likeness (QED) is 0.899. The van der Waals surface area contributed by atoms with Crippen molar-refractivity contribution in [2.24, 2.45) is 0 Å². The monoisotopic (exact) mass is 292 g/mol. The van der Waals surface area contributed by atoms with Gasteiger partial charge >= 0.3 is 0 Å². The fraction of sp³-hybridized carbons (Fsp3) is 0.583. The Balaban J connectivity index is 1.59. The summed E-state index contributed by atoms with van der Waals surface area (Å²) in [4.78, 5) is 16.5. The lowest BCUT2D eigenvalue weighted by Gasteiger charge is -2.12. The molecule has 1 N–H and O–H groups in total. The molecule has 0 bridgehead atoms. The molecule has 0 saturated carbocycles. The summed E-state index contributed by atoms with van der Waals surface area (Å²) in [6.45, 7) is 1.40. The molecular weight excluding hydrogens is 276 g/mol. The van der Waals surface area contributed by atoms with E-state index in [1.165, 1.54) is 0 Å². The molecule has 0 radical (unpaired) electrons. The first-order valence-electron chi connectivity index (χ1n) is 6.77. The first kappa shape index (κ1) is 13.2. The molecule has 1 aliphatic heterocycles. The lowest BCUT2D eigenvalue weighted by Crippen LogP contribution is -2.32. The molecule has 0 unspecified atom stereocenters. The van der Waals surface area contributed by atoms with Crippen LogP contribution in [-0.4, -0.2) is 37.6 Å². The molecule has 7 nitrogen and oxygen atoms in total. The van der Waals surface area contributed by atoms with Crippen molar-refractivity contribution in [1.82, 2.24) is 30.5 Å². The highest BCUT2D eigenvalue weighted by molar-refractivity contribution is 7.09. The Morgan fingerprint density at radius 1 is 1.50 bits per heavy atom. The molecule has 20 heavy (non-hydrogen) atoms. The number of fused-ring (bicyclic) bond motifs is 1. The van der Waals surface area contributed by atoms with Crippen LogP contribution < -0.4 is 5.32 Å². The molecule has 0 spiro atoms. The van der Waals surface area contributed by atoms with Crippen molar-refractivity contribution < 1.29 is 4.79 Å². The van der Waals surface area contributed by atoms with Crippen molar-refractivity contribution in [2.75, 3.05) is 6.54 Å². The van der Waals surface area contributed by atoms with Crippen LogP contribution in [0.25, 0.3) is 0 Å². The minimum absolute atomic E-state index is 0.0134. The summed E-state index contributed by atoms with van der Waals surface area (Å²) in [7, 11) is 0. The molecule has 3 rings (SSSR count). The second-order valence-corrected chi connectivity index (χ2v) is 5.75. The Morgan fingerprint density at radius 3 is 3.30 bits per heavy atom. The smallest absolute Gasteiger partial charge is 0.230 e. The van der Waals surface area contributed by atoms with Crippen molar-refractivity contribution in [1.29, 1.82) is 0 Å². The summed E-state index contributed by atoms with van der Waals surface area (Å²) < 4.78 is 1.75. The van der Waals surface area contributed by atoms with E-state index in [9.17, 15) is 4.79 Å². The van der Waals surface area contributed by atoms with Crippen LogP contribution in [0.3, 0.4) is 0 Å². The first-order chi connectivity index (χ1) is 9.84. The minimum atomic E-state index is -0.233. The highest BCUT2D eigenvalue weighted by Gasteiger charge is 2.28. The highest BCUT2D eigenvalue weighted by atomic mass is 32.1. The molecule has 2 aromatic rings. The molecular formula is C12H16N6OS. The average molecular weight is 292 g/mol. The number of tetrazole rings is 1. The summed E-state index contributed by atoms with van der Waals surface area (Å²) >= 11 is 1.60. The summed E-state index contributed by atoms with van der Waals surface area (Å²) in [5.41, 5.74) is 0. The van der Waals surface area contributed by atoms with Crippen LogP contribution in [0.2, 0.25) is 0 Å². The molecule has 2 aromatic heterocycles. The number of carbonyl (C=O) groups excluding carboxylic acids is 1. The number of hydrogen-bond acceptors (Lipinski definition) is 6. The van der Waals surface area contributed by atoms with Crippen molar-refractivity contribution in [3.05, 3.63) is 22.4 Å². The van der Waals surface area contributed by atoms with Crippen molar-refractivity contribution in [2.45, 2.75) is 38.1 Å². The number of thiazole rings is 1. The van der Waals surface area contributed by atoms with Gasteiger partial charge in [-0.05, 0) is 23.3 Å². The number of rotatable bonds is 4. The Morgan fingerprint density at radius 2 is 2.45 bits per heavy atom. The topological polar surface area (TPSA) is 85.6 Å². The zero-order valence-electron chi connectivity index (χ0n) is 11.0. The Kier molecular flexibility index (Phi) is 4.00. The summed E-state index contributed by atoms with van der Waals surface area (Å²) in [5.74, 6) is 0.470. The van der Waals surface area contributed by atoms with Gasteiger partial charge in [0.15, 0.2) is 5.82 Å². The Labute approximate surface area is 120 Å². The van der Waals surface area contributed by atoms with Gasteiger partial charge in [0.1, 0.15) is 0 Å². The maximum atomic E-state index is 12.3. The van der Waals surface area contributed by atoms with Crippen molar-refractivity contribution in [3.63, 3.8) is 0 Å². The molecule has 8 heteroatoms. The predicted molar refractivity (Wildman–Crippen MR) is 73.2 cm³/mol. The van der Waals surface area contributed by atoms with Crippen molar-refractivity contribution in [3.8, 4) is 0 Å². The van der Waals surface area contributed by atoms with Crippen LogP contribution in [-0.2, 0) is 17.8 Å². The maximum Gasteiger partial charge on any atom is 0.230 e. The second kappa shape index (κ2) is 6.08. The van der Waals surface area contributed by atoms with Crippen LogP contribution >= 0.6 is 11.3 Å². The molecule has 1 amide bonds. The molecule has 0 fully saturated rings. The molecule has 0 saturated heterocycles. The molecule has 106 valence electrons. The number of amides is 1. The number of hydrogen-bond donors (Lipinski definition) is 1. The molecule has 1 aliphatic rings. The number of nitrogens with one attached hydrogen (secondary N) is 1. The minimum Gasteiger partial charge on any atom is -0.355 e. The third-order valence-corrected chi connectivity index (χ3v) is 4.26. The molecule has 0 aliphatic carbocycles. The lowest BCUT2D eigenvalue weighted by atomic mass is 10.0. The van der Waals surface area contributed by atoms with Gasteiger partial charge in [0.05, 0.1) is 10.9 Å². The summed E-state index contributed by atoms with van der Waals surface area (Å²) in [5, 5.41) is 17.6. The maximum absolute atomic E-state index is 12.3. The van der Waals surface area contributed by atoms with E-state index in [4.69, 9.17) is 0 Å². The zero-order valence-corrected chi connectivity index (χ0v) is 11.8. The normalized spacial score (nSPS) is 18.3. The van der Waals surface area contributed by atoms with E-state index in [0.29, 0.717) is 12.4 Å². The van der Waals surface area contributed by atoms with Gasteiger partial charge in [0.2, 0.25) is 5.91 Å². The van der Waals surface area contributed by atoms with E-state index >= 15 is 0 Å². The third-order valence-electron chi connectivity index (χ3n) is 3.42. The molecule has 1 atom stereocenters. The zero-order chi connectivity index (χ0) is 13.8. The van der Waals surface area contributed by atoms with Crippen LogP contribution in [0.1, 0.15) is 36.0 Å². The summed E-state index contributed by atoms with van der Waals surface area (Å²) in [6.07, 6.45) is 5.38. The van der Waals surface area contributed by atoms with E-state index in [-0.39, 0.29) is 11.8 Å². The number of aromatic nitrogens is 5. The fourth-order valence-corrected chi connectivity index (χ4v) is 3.02. The average Bonchev–Trinajstić information content (AvgIpc) is 3.08. The lowest BCUT2D eigenvalue weighted by molar-refractivity contribution is -0.122. The van der Waals surface area contributed by atoms with Crippen LogP contribution in [0, 0.1) is 0 Å². The van der Waals surface area contributed by atoms with Crippen LogP contribution in [0.4, 0.5) is 0 Å². The molecule has 3 heterocycles. The highest BCUT2D eigenvalue weighted by Crippen LogP contribution is 2.23. The van der Waals surface area contributed by atoms with Gasteiger partial charge in [-0.1, -0.05) is 6.42 Å². The van der Waals surface area contributed by atoms with E-state index in [2.05, 4.69) is 25.8 Å². The number of carbonyl (C=O) groups is 1. The standard InChI is InChI=1S/C12H16N6OS/c19-12(14-5-4-10-13-6-8-20-10)9-3-1-2-7-18-11(9)15-16-17-18/h6,8-9H,1-5,7H2,(H,14,19)/t9-/m1/s1. The predicted octanol–water partition coefficient (Wildman–Crippen LogP) is 0.756.